The van der Waals surface area contributed by atoms with Crippen molar-refractivity contribution in [1.29, 1.82) is 10.5 Å². The molecule has 9 rings (SSSR count). The molecule has 0 atom stereocenters. The molecule has 0 bridgehead atoms. The number of nitrogens with zero attached hydrogens (tertiary/aromatic N) is 6. The summed E-state index contributed by atoms with van der Waals surface area (Å²) in [5.41, 5.74) is 7.05. The highest BCUT2D eigenvalue weighted by Crippen LogP contribution is 2.37. The van der Waals surface area contributed by atoms with Crippen LogP contribution in [-0.2, 0) is 9.31 Å². The summed E-state index contributed by atoms with van der Waals surface area (Å²) in [5, 5.41) is 17.8. The Kier molecular flexibility index (Phi) is 13.9. The summed E-state index contributed by atoms with van der Waals surface area (Å²) in [7, 11) is -0.525. The summed E-state index contributed by atoms with van der Waals surface area (Å²) < 4.78 is 39.0. The van der Waals surface area contributed by atoms with Crippen molar-refractivity contribution in [3.05, 3.63) is 197 Å². The van der Waals surface area contributed by atoms with Gasteiger partial charge < -0.3 is 9.31 Å². The first-order valence-electron chi connectivity index (χ1n) is 20.2. The average molecular weight is 910 g/mol. The highest BCUT2D eigenvalue weighted by molar-refractivity contribution is 9.10. The number of benzene rings is 6. The number of aromatic nitrogens is 4. The van der Waals surface area contributed by atoms with E-state index in [1.807, 2.05) is 167 Å². The van der Waals surface area contributed by atoms with E-state index in [2.05, 4.69) is 27.0 Å². The molecule has 2 aromatic heterocycles. The van der Waals surface area contributed by atoms with Crippen molar-refractivity contribution in [3.8, 4) is 68.7 Å². The van der Waals surface area contributed by atoms with Gasteiger partial charge in [-0.15, -0.1) is 0 Å². The average Bonchev–Trinajstić information content (AvgIpc) is 3.56. The van der Waals surface area contributed by atoms with E-state index < -0.39 is 24.1 Å². The first kappa shape index (κ1) is 44.8. The summed E-state index contributed by atoms with van der Waals surface area (Å²) in [4.78, 5) is 18.9. The molecule has 1 fully saturated rings. The molecule has 0 aliphatic carbocycles. The molecule has 12 heteroatoms. The first-order chi connectivity index (χ1) is 30.8. The van der Waals surface area contributed by atoms with Crippen LogP contribution in [0.1, 0.15) is 38.8 Å². The predicted octanol–water partition coefficient (Wildman–Crippen LogP) is 12.1. The number of hydrogen-bond donors (Lipinski definition) is 0. The smallest absolute Gasteiger partial charge is 0.398 e. The van der Waals surface area contributed by atoms with E-state index in [-0.39, 0.29) is 11.4 Å². The molecule has 8 aromatic rings. The van der Waals surface area contributed by atoms with Crippen LogP contribution in [0.25, 0.3) is 56.5 Å². The minimum atomic E-state index is -0.525. The van der Waals surface area contributed by atoms with Crippen LogP contribution in [0.15, 0.2) is 174 Å². The van der Waals surface area contributed by atoms with Gasteiger partial charge in [0.1, 0.15) is 17.7 Å². The van der Waals surface area contributed by atoms with Gasteiger partial charge in [-0.3, -0.25) is 0 Å². The van der Waals surface area contributed by atoms with Crippen molar-refractivity contribution in [2.24, 2.45) is 0 Å². The van der Waals surface area contributed by atoms with Crippen LogP contribution in [-0.4, -0.2) is 38.3 Å². The maximum absolute atomic E-state index is 13.6. The summed E-state index contributed by atoms with van der Waals surface area (Å²) in [6.45, 7) is 8.18. The number of nitriles is 2. The monoisotopic (exact) mass is 908 g/mol. The van der Waals surface area contributed by atoms with Gasteiger partial charge in [0.2, 0.25) is 0 Å². The second kappa shape index (κ2) is 19.9. The third-order valence-electron chi connectivity index (χ3n) is 10.6. The Morgan fingerprint density at radius 2 is 0.891 bits per heavy atom. The first-order valence-corrected chi connectivity index (χ1v) is 21.0. The maximum Gasteiger partial charge on any atom is 0.514 e. The highest BCUT2D eigenvalue weighted by atomic mass is 79.9. The second-order valence-electron chi connectivity index (χ2n) is 15.6. The zero-order valence-electron chi connectivity index (χ0n) is 35.4. The zero-order chi connectivity index (χ0) is 45.3. The molecule has 0 amide bonds. The van der Waals surface area contributed by atoms with Gasteiger partial charge in [-0.2, -0.15) is 10.5 Å². The lowest BCUT2D eigenvalue weighted by Crippen LogP contribution is -2.41. The van der Waals surface area contributed by atoms with E-state index >= 15 is 0 Å². The van der Waals surface area contributed by atoms with E-state index in [0.29, 0.717) is 32.9 Å². The van der Waals surface area contributed by atoms with Crippen LogP contribution >= 0.6 is 15.9 Å². The molecule has 1 saturated heterocycles. The molecule has 0 spiro atoms. The van der Waals surface area contributed by atoms with Crippen molar-refractivity contribution in [2.45, 2.75) is 38.9 Å². The normalized spacial score (nSPS) is 13.3. The molecule has 6 aromatic carbocycles. The Balaban J connectivity index is 0.000000158. The standard InChI is InChI=1S/C23H14FN3.C22H23BN2O2.C7H3BrFN/c24-19-11-12-20(18(13-19)15-25)22-14-21(16-7-3-1-4-8-16)26-23(27-22)17-9-5-2-6-10-17;1-21(2)22(3,4)27-23(26-21)19-15-18(16-11-7-5-8-12-16)24-20(25-19)17-13-9-6-10-14-17;8-7-2-1-6(9)3-5(7)4-10/h1-14H;5-15H,1-4H3;1-3H. The Morgan fingerprint density at radius 3 is 1.36 bits per heavy atom. The predicted molar refractivity (Wildman–Crippen MR) is 250 cm³/mol. The van der Waals surface area contributed by atoms with Gasteiger partial charge in [0.15, 0.2) is 11.6 Å². The molecule has 0 unspecified atom stereocenters. The van der Waals surface area contributed by atoms with Crippen molar-refractivity contribution < 1.29 is 18.1 Å². The molecule has 1 aliphatic heterocycles. The summed E-state index contributed by atoms with van der Waals surface area (Å²) in [5.74, 6) is 0.387. The minimum absolute atomic E-state index is 0.242. The van der Waals surface area contributed by atoms with Gasteiger partial charge in [0.05, 0.1) is 51.1 Å². The number of rotatable bonds is 6. The fourth-order valence-electron chi connectivity index (χ4n) is 6.50. The maximum atomic E-state index is 13.6. The van der Waals surface area contributed by atoms with Gasteiger partial charge in [0, 0.05) is 32.3 Å². The van der Waals surface area contributed by atoms with Gasteiger partial charge in [-0.25, -0.2) is 28.7 Å². The molecule has 314 valence electrons. The SMILES string of the molecule is CC1(C)OB(c2cc(-c3ccccc3)nc(-c3ccccc3)n2)OC1(C)C.N#Cc1cc(F)ccc1-c1cc(-c2ccccc2)nc(-c2ccccc2)n1.N#Cc1cc(F)ccc1Br. The van der Waals surface area contributed by atoms with Crippen LogP contribution in [0.2, 0.25) is 0 Å². The fourth-order valence-corrected chi connectivity index (χ4v) is 6.83. The van der Waals surface area contributed by atoms with E-state index in [1.54, 1.807) is 6.07 Å². The quantitative estimate of drug-likeness (QED) is 0.151. The van der Waals surface area contributed by atoms with Crippen LogP contribution < -0.4 is 5.59 Å². The molecule has 0 N–H and O–H groups in total. The molecule has 64 heavy (non-hydrogen) atoms. The van der Waals surface area contributed by atoms with E-state index in [1.165, 1.54) is 30.3 Å². The molecular formula is C52H40BBrF2N6O2. The third kappa shape index (κ3) is 10.7. The molecule has 1 aliphatic rings. The van der Waals surface area contributed by atoms with E-state index in [9.17, 15) is 14.0 Å². The lowest BCUT2D eigenvalue weighted by atomic mass is 9.83. The summed E-state index contributed by atoms with van der Waals surface area (Å²) >= 11 is 3.10. The lowest BCUT2D eigenvalue weighted by Gasteiger charge is -2.32. The van der Waals surface area contributed by atoms with Crippen molar-refractivity contribution in [3.63, 3.8) is 0 Å². The van der Waals surface area contributed by atoms with Gasteiger partial charge >= 0.3 is 7.12 Å². The molecule has 0 radical (unpaired) electrons. The highest BCUT2D eigenvalue weighted by Gasteiger charge is 2.52. The van der Waals surface area contributed by atoms with E-state index in [4.69, 9.17) is 29.5 Å². The largest absolute Gasteiger partial charge is 0.514 e. The minimum Gasteiger partial charge on any atom is -0.398 e. The topological polar surface area (TPSA) is 118 Å². The molecule has 3 heterocycles. The third-order valence-corrected chi connectivity index (χ3v) is 11.3. The van der Waals surface area contributed by atoms with Crippen molar-refractivity contribution in [1.82, 2.24) is 19.9 Å². The Labute approximate surface area is 380 Å². The molecular weight excluding hydrogens is 869 g/mol. The van der Waals surface area contributed by atoms with Crippen molar-refractivity contribution in [2.75, 3.05) is 0 Å². The van der Waals surface area contributed by atoms with E-state index in [0.717, 1.165) is 39.2 Å². The van der Waals surface area contributed by atoms with Crippen molar-refractivity contribution >= 4 is 28.6 Å². The fraction of sp³-hybridized carbons (Fsp3) is 0.115. The Hall–Kier alpha value is -7.22. The summed E-state index contributed by atoms with van der Waals surface area (Å²) in [6, 6.07) is 55.3. The Bertz CT molecular complexity index is 2840. The lowest BCUT2D eigenvalue weighted by molar-refractivity contribution is 0.00578. The van der Waals surface area contributed by atoms with Crippen LogP contribution in [0.5, 0.6) is 0 Å². The van der Waals surface area contributed by atoms with Gasteiger partial charge in [-0.1, -0.05) is 121 Å². The van der Waals surface area contributed by atoms with Crippen LogP contribution in [0.4, 0.5) is 8.78 Å². The van der Waals surface area contributed by atoms with Crippen LogP contribution in [0.3, 0.4) is 0 Å². The molecule has 8 nitrogen and oxygen atoms in total. The second-order valence-corrected chi connectivity index (χ2v) is 16.4. The summed E-state index contributed by atoms with van der Waals surface area (Å²) in [6.07, 6.45) is 0. The number of halogens is 3. The van der Waals surface area contributed by atoms with Gasteiger partial charge in [-0.05, 0) is 92.2 Å². The number of hydrogen-bond acceptors (Lipinski definition) is 8. The molecule has 0 saturated carbocycles. The van der Waals surface area contributed by atoms with Crippen LogP contribution in [0, 0.1) is 34.3 Å². The zero-order valence-corrected chi connectivity index (χ0v) is 37.0. The van der Waals surface area contributed by atoms with Gasteiger partial charge in [0.25, 0.3) is 0 Å². The Morgan fingerprint density at radius 1 is 0.484 bits per heavy atom.